The maximum atomic E-state index is 14.6. The fraction of sp³-hybridized carbons (Fsp3) is 0.278. The third-order valence-corrected chi connectivity index (χ3v) is 10.0. The van der Waals surface area contributed by atoms with Crippen molar-refractivity contribution >= 4 is 50.7 Å². The van der Waals surface area contributed by atoms with E-state index in [0.29, 0.717) is 46.6 Å². The maximum absolute atomic E-state index is 14.6. The van der Waals surface area contributed by atoms with Gasteiger partial charge in [0.05, 0.1) is 17.2 Å². The third kappa shape index (κ3) is 9.28. The van der Waals surface area contributed by atoms with Crippen molar-refractivity contribution in [3.63, 3.8) is 0 Å². The number of ether oxygens (including phenoxy) is 1. The van der Waals surface area contributed by atoms with E-state index in [2.05, 4.69) is 5.32 Å². The number of rotatable bonds is 15. The zero-order valence-electron chi connectivity index (χ0n) is 26.7. The molecule has 11 heteroatoms. The summed E-state index contributed by atoms with van der Waals surface area (Å²) in [5.41, 5.74) is 2.49. The van der Waals surface area contributed by atoms with Crippen molar-refractivity contribution in [2.45, 2.75) is 51.1 Å². The summed E-state index contributed by atoms with van der Waals surface area (Å²) in [4.78, 5) is 29.7. The van der Waals surface area contributed by atoms with E-state index in [9.17, 15) is 18.0 Å². The van der Waals surface area contributed by atoms with Crippen LogP contribution in [0.25, 0.3) is 0 Å². The highest BCUT2D eigenvalue weighted by atomic mass is 35.5. The molecular weight excluding hydrogens is 657 g/mol. The van der Waals surface area contributed by atoms with Crippen LogP contribution in [0.2, 0.25) is 10.0 Å². The number of halogens is 2. The molecule has 4 rings (SSSR count). The summed E-state index contributed by atoms with van der Waals surface area (Å²) >= 11 is 13.1. The van der Waals surface area contributed by atoms with Gasteiger partial charge in [0, 0.05) is 35.1 Å². The summed E-state index contributed by atoms with van der Waals surface area (Å²) in [5.74, 6) is -0.457. The molecule has 0 fully saturated rings. The molecule has 0 aliphatic heterocycles. The fourth-order valence-corrected chi connectivity index (χ4v) is 6.95. The highest BCUT2D eigenvalue weighted by Gasteiger charge is 2.35. The van der Waals surface area contributed by atoms with Crippen LogP contribution in [0.3, 0.4) is 0 Å². The van der Waals surface area contributed by atoms with Gasteiger partial charge in [0.1, 0.15) is 18.3 Å². The standard InChI is InChI=1S/C36H39Cl2N3O5S/c1-4-22-39-36(43)34(23-27-10-7-6-8-11-27)40(24-31-32(37)12-9-13-33(31)38)35(42)25-41(28-16-14-26(3)15-17-28)47(44,45)30-20-18-29(19-21-30)46-5-2/h6-21,34H,4-5,22-25H2,1-3H3,(H,39,43)/t34-/m0/s1. The van der Waals surface area contributed by atoms with Crippen LogP contribution in [0.1, 0.15) is 37.0 Å². The molecule has 0 spiro atoms. The molecular formula is C36H39Cl2N3O5S. The molecule has 0 radical (unpaired) electrons. The predicted octanol–water partition coefficient (Wildman–Crippen LogP) is 7.06. The Morgan fingerprint density at radius 1 is 0.851 bits per heavy atom. The molecule has 1 atom stereocenters. The molecule has 2 amide bonds. The minimum absolute atomic E-state index is 0.0171. The zero-order valence-corrected chi connectivity index (χ0v) is 29.0. The molecule has 248 valence electrons. The number of hydrogen-bond donors (Lipinski definition) is 1. The van der Waals surface area contributed by atoms with Gasteiger partial charge in [-0.3, -0.25) is 13.9 Å². The minimum Gasteiger partial charge on any atom is -0.494 e. The van der Waals surface area contributed by atoms with Crippen molar-refractivity contribution in [1.29, 1.82) is 0 Å². The Balaban J connectivity index is 1.81. The fourth-order valence-electron chi connectivity index (χ4n) is 5.02. The van der Waals surface area contributed by atoms with E-state index in [1.54, 1.807) is 54.6 Å². The van der Waals surface area contributed by atoms with Gasteiger partial charge in [-0.2, -0.15) is 0 Å². The van der Waals surface area contributed by atoms with Crippen molar-refractivity contribution in [2.75, 3.05) is 24.0 Å². The second kappa shape index (κ2) is 16.7. The van der Waals surface area contributed by atoms with Crippen molar-refractivity contribution in [1.82, 2.24) is 10.2 Å². The third-order valence-electron chi connectivity index (χ3n) is 7.53. The van der Waals surface area contributed by atoms with Gasteiger partial charge < -0.3 is 15.0 Å². The number of nitrogens with zero attached hydrogens (tertiary/aromatic N) is 2. The summed E-state index contributed by atoms with van der Waals surface area (Å²) in [6, 6.07) is 26.2. The summed E-state index contributed by atoms with van der Waals surface area (Å²) in [5, 5.41) is 3.56. The van der Waals surface area contributed by atoms with Gasteiger partial charge in [0.25, 0.3) is 10.0 Å². The minimum atomic E-state index is -4.26. The molecule has 0 aliphatic rings. The summed E-state index contributed by atoms with van der Waals surface area (Å²) in [6.45, 7) is 5.78. The van der Waals surface area contributed by atoms with Gasteiger partial charge in [-0.1, -0.05) is 84.2 Å². The lowest BCUT2D eigenvalue weighted by Crippen LogP contribution is -2.53. The van der Waals surface area contributed by atoms with Crippen molar-refractivity contribution in [3.8, 4) is 5.75 Å². The van der Waals surface area contributed by atoms with E-state index >= 15 is 0 Å². The molecule has 4 aromatic rings. The lowest BCUT2D eigenvalue weighted by molar-refractivity contribution is -0.140. The van der Waals surface area contributed by atoms with Gasteiger partial charge in [-0.15, -0.1) is 0 Å². The molecule has 0 heterocycles. The van der Waals surface area contributed by atoms with Crippen LogP contribution < -0.4 is 14.4 Å². The molecule has 1 N–H and O–H groups in total. The van der Waals surface area contributed by atoms with Crippen LogP contribution in [0.4, 0.5) is 5.69 Å². The van der Waals surface area contributed by atoms with E-state index in [1.807, 2.05) is 51.1 Å². The number of aryl methyl sites for hydroxylation is 1. The van der Waals surface area contributed by atoms with Crippen LogP contribution in [0.5, 0.6) is 5.75 Å². The quantitative estimate of drug-likeness (QED) is 0.144. The second-order valence-corrected chi connectivity index (χ2v) is 13.6. The molecule has 0 unspecified atom stereocenters. The average Bonchev–Trinajstić information content (AvgIpc) is 3.06. The van der Waals surface area contributed by atoms with Gasteiger partial charge >= 0.3 is 0 Å². The van der Waals surface area contributed by atoms with Crippen LogP contribution in [0, 0.1) is 6.92 Å². The molecule has 8 nitrogen and oxygen atoms in total. The summed E-state index contributed by atoms with van der Waals surface area (Å²) < 4.78 is 35.0. The van der Waals surface area contributed by atoms with Gasteiger partial charge in [0.2, 0.25) is 11.8 Å². The lowest BCUT2D eigenvalue weighted by atomic mass is 10.0. The number of nitrogens with one attached hydrogen (secondary N) is 1. The Hall–Kier alpha value is -4.05. The normalized spacial score (nSPS) is 11.9. The Kier molecular flexibility index (Phi) is 12.7. The lowest BCUT2D eigenvalue weighted by Gasteiger charge is -2.34. The number of sulfonamides is 1. The van der Waals surface area contributed by atoms with E-state index in [0.717, 1.165) is 15.4 Å². The summed E-state index contributed by atoms with van der Waals surface area (Å²) in [7, 11) is -4.26. The molecule has 0 aliphatic carbocycles. The van der Waals surface area contributed by atoms with Crippen LogP contribution >= 0.6 is 23.2 Å². The number of hydrogen-bond acceptors (Lipinski definition) is 5. The molecule has 0 bridgehead atoms. The van der Waals surface area contributed by atoms with Crippen molar-refractivity contribution < 1.29 is 22.7 Å². The topological polar surface area (TPSA) is 96.0 Å². The number of benzene rings is 4. The maximum Gasteiger partial charge on any atom is 0.264 e. The van der Waals surface area contributed by atoms with Gasteiger partial charge in [0.15, 0.2) is 0 Å². The first-order valence-electron chi connectivity index (χ1n) is 15.4. The number of amides is 2. The Labute approximate surface area is 287 Å². The Bertz CT molecular complexity index is 1730. The molecule has 4 aromatic carbocycles. The SMILES string of the molecule is CCCNC(=O)[C@H](Cc1ccccc1)N(Cc1c(Cl)cccc1Cl)C(=O)CN(c1ccc(C)cc1)S(=O)(=O)c1ccc(OCC)cc1. The molecule has 0 aromatic heterocycles. The first-order chi connectivity index (χ1) is 22.5. The van der Waals surface area contributed by atoms with Gasteiger partial charge in [-0.05, 0) is 74.4 Å². The van der Waals surface area contributed by atoms with Crippen molar-refractivity contribution in [3.05, 3.63) is 124 Å². The predicted molar refractivity (Wildman–Crippen MR) is 188 cm³/mol. The van der Waals surface area contributed by atoms with Crippen LogP contribution in [-0.2, 0) is 32.6 Å². The number of carbonyl (C=O) groups excluding carboxylic acids is 2. The first-order valence-corrected chi connectivity index (χ1v) is 17.6. The second-order valence-electron chi connectivity index (χ2n) is 11.0. The van der Waals surface area contributed by atoms with E-state index in [4.69, 9.17) is 27.9 Å². The average molecular weight is 697 g/mol. The van der Waals surface area contributed by atoms with E-state index < -0.39 is 28.5 Å². The van der Waals surface area contributed by atoms with Crippen LogP contribution in [0.15, 0.2) is 102 Å². The Morgan fingerprint density at radius 2 is 1.49 bits per heavy atom. The van der Waals surface area contributed by atoms with Gasteiger partial charge in [-0.25, -0.2) is 8.42 Å². The summed E-state index contributed by atoms with van der Waals surface area (Å²) in [6.07, 6.45) is 0.871. The smallest absolute Gasteiger partial charge is 0.264 e. The largest absolute Gasteiger partial charge is 0.494 e. The first kappa shape index (κ1) is 35.8. The molecule has 0 saturated carbocycles. The van der Waals surface area contributed by atoms with Crippen molar-refractivity contribution in [2.24, 2.45) is 0 Å². The number of anilines is 1. The zero-order chi connectivity index (χ0) is 34.0. The molecule has 0 saturated heterocycles. The number of carbonyl (C=O) groups is 2. The van der Waals surface area contributed by atoms with E-state index in [-0.39, 0.29) is 23.8 Å². The Morgan fingerprint density at radius 3 is 2.09 bits per heavy atom. The molecule has 47 heavy (non-hydrogen) atoms. The van der Waals surface area contributed by atoms with Crippen LogP contribution in [-0.4, -0.2) is 50.9 Å². The highest BCUT2D eigenvalue weighted by molar-refractivity contribution is 7.92. The monoisotopic (exact) mass is 695 g/mol. The van der Waals surface area contributed by atoms with E-state index in [1.165, 1.54) is 17.0 Å². The highest BCUT2D eigenvalue weighted by Crippen LogP contribution is 2.29.